The van der Waals surface area contributed by atoms with E-state index in [1.807, 2.05) is 0 Å². The fourth-order valence-electron chi connectivity index (χ4n) is 9.84. The molecule has 268 valence electrons. The molecule has 0 atom stereocenters. The maximum Gasteiger partial charge on any atom is 0.159 e. The first kappa shape index (κ1) is 32.8. The molecule has 2 aliphatic rings. The average Bonchev–Trinajstić information content (AvgIpc) is 3.82. The lowest BCUT2D eigenvalue weighted by molar-refractivity contribution is 0.653. The highest BCUT2D eigenvalue weighted by molar-refractivity contribution is 6.15. The lowest BCUT2D eigenvalue weighted by atomic mass is 9.82. The van der Waals surface area contributed by atoms with Gasteiger partial charge in [-0.1, -0.05) is 179 Å². The van der Waals surface area contributed by atoms with Crippen molar-refractivity contribution in [3.8, 4) is 44.5 Å². The van der Waals surface area contributed by atoms with Gasteiger partial charge in [0.05, 0.1) is 11.4 Å². The van der Waals surface area contributed by atoms with Crippen LogP contribution in [-0.4, -0.2) is 0 Å². The van der Waals surface area contributed by atoms with E-state index in [0.29, 0.717) is 0 Å². The third-order valence-corrected chi connectivity index (χ3v) is 12.7. The molecule has 2 heteroatoms. The van der Waals surface area contributed by atoms with Crippen molar-refractivity contribution >= 4 is 39.0 Å². The number of furan rings is 1. The lowest BCUT2D eigenvalue weighted by Crippen LogP contribution is -2.16. The van der Waals surface area contributed by atoms with Crippen molar-refractivity contribution in [1.82, 2.24) is 0 Å². The van der Waals surface area contributed by atoms with Crippen LogP contribution in [0.5, 0.6) is 0 Å². The standard InChI is InChI=1S/C54H41NO/c1-53(2)43-22-10-8-19-41(43)49-45(53)24-14-25-47(49)55(38-18-12-17-37(33-38)36-29-27-35(28-30-36)34-15-6-5-7-16-34)48-26-13-21-39-40-31-32-46-50(52(40)56-51(39)48)42-20-9-11-23-44(42)54(46,3)4/h5-33H,1-4H3. The predicted octanol–water partition coefficient (Wildman–Crippen LogP) is 15.0. The minimum Gasteiger partial charge on any atom is -0.453 e. The van der Waals surface area contributed by atoms with Crippen LogP contribution in [0.4, 0.5) is 17.1 Å². The second-order valence-corrected chi connectivity index (χ2v) is 16.5. The molecule has 0 radical (unpaired) electrons. The molecule has 0 spiro atoms. The summed E-state index contributed by atoms with van der Waals surface area (Å²) < 4.78 is 7.26. The summed E-state index contributed by atoms with van der Waals surface area (Å²) in [6.45, 7) is 9.37. The molecule has 1 heterocycles. The highest BCUT2D eigenvalue weighted by Crippen LogP contribution is 2.56. The number of fused-ring (bicyclic) bond motifs is 10. The highest BCUT2D eigenvalue weighted by atomic mass is 16.3. The maximum atomic E-state index is 7.26. The number of benzene rings is 8. The first-order valence-corrected chi connectivity index (χ1v) is 19.7. The van der Waals surface area contributed by atoms with Crippen molar-refractivity contribution in [3.05, 3.63) is 198 Å². The first-order valence-electron chi connectivity index (χ1n) is 19.7. The Balaban J connectivity index is 1.16. The molecule has 0 saturated carbocycles. The van der Waals surface area contributed by atoms with Crippen LogP contribution in [-0.2, 0) is 10.8 Å². The van der Waals surface area contributed by atoms with Crippen molar-refractivity contribution in [3.63, 3.8) is 0 Å². The van der Waals surface area contributed by atoms with Crippen molar-refractivity contribution in [1.29, 1.82) is 0 Å². The van der Waals surface area contributed by atoms with Crippen molar-refractivity contribution in [2.24, 2.45) is 0 Å². The molecule has 8 aromatic carbocycles. The Hall–Kier alpha value is -6.64. The molecule has 56 heavy (non-hydrogen) atoms. The van der Waals surface area contributed by atoms with Gasteiger partial charge in [0, 0.05) is 38.4 Å². The summed E-state index contributed by atoms with van der Waals surface area (Å²) in [5.74, 6) is 0. The molecule has 0 saturated heterocycles. The smallest absolute Gasteiger partial charge is 0.159 e. The minimum absolute atomic E-state index is 0.113. The molecule has 0 bridgehead atoms. The molecule has 2 nitrogen and oxygen atoms in total. The highest BCUT2D eigenvalue weighted by Gasteiger charge is 2.39. The van der Waals surface area contributed by atoms with Crippen molar-refractivity contribution < 1.29 is 4.42 Å². The van der Waals surface area contributed by atoms with E-state index in [-0.39, 0.29) is 10.8 Å². The molecule has 2 aliphatic carbocycles. The zero-order chi connectivity index (χ0) is 37.8. The Labute approximate surface area is 328 Å². The molecule has 0 amide bonds. The topological polar surface area (TPSA) is 16.4 Å². The van der Waals surface area contributed by atoms with Crippen LogP contribution < -0.4 is 4.90 Å². The lowest BCUT2D eigenvalue weighted by Gasteiger charge is -2.29. The van der Waals surface area contributed by atoms with E-state index < -0.39 is 0 Å². The monoisotopic (exact) mass is 719 g/mol. The van der Waals surface area contributed by atoms with Gasteiger partial charge in [0.1, 0.15) is 5.58 Å². The van der Waals surface area contributed by atoms with Crippen LogP contribution >= 0.6 is 0 Å². The van der Waals surface area contributed by atoms with E-state index >= 15 is 0 Å². The van der Waals surface area contributed by atoms with Gasteiger partial charge in [-0.05, 0) is 79.9 Å². The molecule has 0 N–H and O–H groups in total. The van der Waals surface area contributed by atoms with Crippen LogP contribution in [0.2, 0.25) is 0 Å². The number of hydrogen-bond donors (Lipinski definition) is 0. The third-order valence-electron chi connectivity index (χ3n) is 12.7. The quantitative estimate of drug-likeness (QED) is 0.176. The number of para-hydroxylation sites is 1. The van der Waals surface area contributed by atoms with Gasteiger partial charge in [-0.3, -0.25) is 0 Å². The van der Waals surface area contributed by atoms with Gasteiger partial charge in [-0.25, -0.2) is 0 Å². The van der Waals surface area contributed by atoms with E-state index in [9.17, 15) is 0 Å². The molecule has 0 fully saturated rings. The van der Waals surface area contributed by atoms with Crippen LogP contribution in [0, 0.1) is 0 Å². The van der Waals surface area contributed by atoms with Gasteiger partial charge in [0.2, 0.25) is 0 Å². The van der Waals surface area contributed by atoms with Crippen molar-refractivity contribution in [2.45, 2.75) is 38.5 Å². The third kappa shape index (κ3) is 4.62. The average molecular weight is 720 g/mol. The predicted molar refractivity (Wildman–Crippen MR) is 234 cm³/mol. The van der Waals surface area contributed by atoms with Crippen molar-refractivity contribution in [2.75, 3.05) is 4.90 Å². The zero-order valence-electron chi connectivity index (χ0n) is 32.1. The van der Waals surface area contributed by atoms with Crippen LogP contribution in [0.25, 0.3) is 66.4 Å². The summed E-state index contributed by atoms with van der Waals surface area (Å²) in [5.41, 5.74) is 20.0. The molecular formula is C54H41NO. The first-order chi connectivity index (χ1) is 27.3. The van der Waals surface area contributed by atoms with Crippen LogP contribution in [0.3, 0.4) is 0 Å². The van der Waals surface area contributed by atoms with E-state index in [1.165, 1.54) is 61.2 Å². The number of nitrogens with zero attached hydrogens (tertiary/aromatic N) is 1. The van der Waals surface area contributed by atoms with E-state index in [0.717, 1.165) is 44.6 Å². The van der Waals surface area contributed by atoms with Crippen LogP contribution in [0.1, 0.15) is 49.9 Å². The Kier molecular flexibility index (Phi) is 6.98. The number of anilines is 3. The zero-order valence-corrected chi connectivity index (χ0v) is 32.1. The normalized spacial score (nSPS) is 14.4. The molecule has 1 aromatic heterocycles. The summed E-state index contributed by atoms with van der Waals surface area (Å²) in [6.07, 6.45) is 0. The Morgan fingerprint density at radius 2 is 0.893 bits per heavy atom. The van der Waals surface area contributed by atoms with E-state index in [2.05, 4.69) is 209 Å². The molecule has 0 aliphatic heterocycles. The largest absolute Gasteiger partial charge is 0.453 e. The molecule has 9 aromatic rings. The van der Waals surface area contributed by atoms with E-state index in [1.54, 1.807) is 0 Å². The fraction of sp³-hybridized carbons (Fsp3) is 0.111. The molecule has 0 unspecified atom stereocenters. The van der Waals surface area contributed by atoms with Crippen LogP contribution in [0.15, 0.2) is 180 Å². The fourth-order valence-corrected chi connectivity index (χ4v) is 9.84. The summed E-state index contributed by atoms with van der Waals surface area (Å²) in [7, 11) is 0. The minimum atomic E-state index is -0.137. The molecule has 11 rings (SSSR count). The van der Waals surface area contributed by atoms with Gasteiger partial charge in [0.25, 0.3) is 0 Å². The second-order valence-electron chi connectivity index (χ2n) is 16.5. The summed E-state index contributed by atoms with van der Waals surface area (Å²) in [6, 6.07) is 64.3. The van der Waals surface area contributed by atoms with E-state index in [4.69, 9.17) is 4.42 Å². The molecular weight excluding hydrogens is 679 g/mol. The summed E-state index contributed by atoms with van der Waals surface area (Å²) in [4.78, 5) is 2.45. The van der Waals surface area contributed by atoms with Gasteiger partial charge >= 0.3 is 0 Å². The Morgan fingerprint density at radius 3 is 1.62 bits per heavy atom. The van der Waals surface area contributed by atoms with Gasteiger partial charge in [-0.2, -0.15) is 0 Å². The van der Waals surface area contributed by atoms with Gasteiger partial charge < -0.3 is 9.32 Å². The number of rotatable bonds is 5. The summed E-state index contributed by atoms with van der Waals surface area (Å²) >= 11 is 0. The second kappa shape index (κ2) is 11.9. The Morgan fingerprint density at radius 1 is 0.375 bits per heavy atom. The van der Waals surface area contributed by atoms with Gasteiger partial charge in [-0.15, -0.1) is 0 Å². The SMILES string of the molecule is CC1(C)c2ccccc2-c2c(N(c3cccc(-c4ccc(-c5ccccc5)cc4)c3)c3cccc4c3oc3c5c(ccc34)C(C)(C)c3ccccc3-5)cccc21. The van der Waals surface area contributed by atoms with Gasteiger partial charge in [0.15, 0.2) is 5.58 Å². The maximum absolute atomic E-state index is 7.26. The Bertz CT molecular complexity index is 3020. The summed E-state index contributed by atoms with van der Waals surface area (Å²) in [5, 5.41) is 2.26. The number of hydrogen-bond acceptors (Lipinski definition) is 2.